The van der Waals surface area contributed by atoms with Crippen LogP contribution in [0.15, 0.2) is 40.6 Å². The van der Waals surface area contributed by atoms with Crippen molar-refractivity contribution < 1.29 is 0 Å². The largest absolute Gasteiger partial charge is 0.332 e. The van der Waals surface area contributed by atoms with E-state index in [0.717, 1.165) is 10.5 Å². The van der Waals surface area contributed by atoms with Gasteiger partial charge in [-0.05, 0) is 38.2 Å². The highest BCUT2D eigenvalue weighted by atomic mass is 32.1. The lowest BCUT2D eigenvalue weighted by Crippen LogP contribution is -2.38. The second-order valence-corrected chi connectivity index (χ2v) is 6.29. The number of aromatic nitrogens is 3. The molecule has 102 valence electrons. The Morgan fingerprint density at radius 3 is 2.80 bits per heavy atom. The Hall–Kier alpha value is -1.79. The van der Waals surface area contributed by atoms with E-state index in [1.807, 2.05) is 37.4 Å². The van der Waals surface area contributed by atoms with Crippen LogP contribution >= 0.6 is 23.6 Å². The Balaban J connectivity index is 2.38. The maximum absolute atomic E-state index is 12.7. The maximum atomic E-state index is 12.7. The Labute approximate surface area is 124 Å². The second kappa shape index (κ2) is 4.64. The van der Waals surface area contributed by atoms with Gasteiger partial charge < -0.3 is 4.98 Å². The number of benzene rings is 1. The molecule has 0 saturated carbocycles. The molecule has 20 heavy (non-hydrogen) atoms. The molecular weight excluding hydrogens is 290 g/mol. The summed E-state index contributed by atoms with van der Waals surface area (Å²) in [6.45, 7) is 3.90. The summed E-state index contributed by atoms with van der Waals surface area (Å²) in [6.07, 6.45) is 1.74. The number of rotatable bonds is 2. The van der Waals surface area contributed by atoms with Crippen LogP contribution in [0.3, 0.4) is 0 Å². The smallest absolute Gasteiger partial charge is 0.263 e. The number of thiazole rings is 1. The summed E-state index contributed by atoms with van der Waals surface area (Å²) in [5, 5.41) is 3.38. The number of fused-ring (bicyclic) bond motifs is 1. The molecule has 0 aliphatic carbocycles. The van der Waals surface area contributed by atoms with Crippen LogP contribution in [0.5, 0.6) is 0 Å². The van der Waals surface area contributed by atoms with Gasteiger partial charge in [0.2, 0.25) is 0 Å². The van der Waals surface area contributed by atoms with Crippen LogP contribution in [0.25, 0.3) is 10.9 Å². The first-order chi connectivity index (χ1) is 9.51. The van der Waals surface area contributed by atoms with Gasteiger partial charge in [-0.2, -0.15) is 0 Å². The standard InChI is InChI=1S/C14H13N3OS2/c1-14(2,12-15-7-8-20-12)17-11(18)9-5-3-4-6-10(9)16-13(17)19/h3-8H,1-2H3,(H,16,19). The van der Waals surface area contributed by atoms with Gasteiger partial charge >= 0.3 is 0 Å². The minimum absolute atomic E-state index is 0.0930. The lowest BCUT2D eigenvalue weighted by Gasteiger charge is -2.25. The third-order valence-corrected chi connectivity index (χ3v) is 4.69. The molecule has 0 aliphatic heterocycles. The van der Waals surface area contributed by atoms with E-state index in [0.29, 0.717) is 10.2 Å². The first-order valence-electron chi connectivity index (χ1n) is 6.16. The molecule has 2 aromatic heterocycles. The lowest BCUT2D eigenvalue weighted by molar-refractivity contribution is 0.412. The Kier molecular flexibility index (Phi) is 3.07. The second-order valence-electron chi connectivity index (χ2n) is 5.01. The summed E-state index contributed by atoms with van der Waals surface area (Å²) in [7, 11) is 0. The van der Waals surface area contributed by atoms with E-state index in [1.54, 1.807) is 16.8 Å². The minimum atomic E-state index is -0.580. The zero-order chi connectivity index (χ0) is 14.3. The first kappa shape index (κ1) is 13.2. The summed E-state index contributed by atoms with van der Waals surface area (Å²) in [4.78, 5) is 20.2. The zero-order valence-corrected chi connectivity index (χ0v) is 12.7. The van der Waals surface area contributed by atoms with Crippen LogP contribution in [-0.2, 0) is 5.54 Å². The lowest BCUT2D eigenvalue weighted by atomic mass is 10.1. The van der Waals surface area contributed by atoms with Gasteiger partial charge in [0.1, 0.15) is 5.01 Å². The molecule has 0 unspecified atom stereocenters. The third-order valence-electron chi connectivity index (χ3n) is 3.32. The summed E-state index contributed by atoms with van der Waals surface area (Å²) in [5.41, 5.74) is 0.0845. The predicted octanol–water partition coefficient (Wildman–Crippen LogP) is 3.30. The monoisotopic (exact) mass is 303 g/mol. The van der Waals surface area contributed by atoms with E-state index in [4.69, 9.17) is 12.2 Å². The van der Waals surface area contributed by atoms with E-state index in [9.17, 15) is 4.79 Å². The van der Waals surface area contributed by atoms with Gasteiger partial charge in [-0.1, -0.05) is 12.1 Å². The number of hydrogen-bond donors (Lipinski definition) is 1. The minimum Gasteiger partial charge on any atom is -0.332 e. The fraction of sp³-hybridized carbons (Fsp3) is 0.214. The van der Waals surface area contributed by atoms with Crippen molar-refractivity contribution >= 4 is 34.5 Å². The van der Waals surface area contributed by atoms with E-state index in [1.165, 1.54) is 11.3 Å². The van der Waals surface area contributed by atoms with Crippen molar-refractivity contribution in [1.82, 2.24) is 14.5 Å². The predicted molar refractivity (Wildman–Crippen MR) is 83.9 cm³/mol. The highest BCUT2D eigenvalue weighted by Crippen LogP contribution is 2.26. The quantitative estimate of drug-likeness (QED) is 0.739. The molecule has 0 bridgehead atoms. The fourth-order valence-electron chi connectivity index (χ4n) is 2.29. The van der Waals surface area contributed by atoms with E-state index >= 15 is 0 Å². The summed E-state index contributed by atoms with van der Waals surface area (Å²) >= 11 is 6.89. The molecular formula is C14H13N3OS2. The van der Waals surface area contributed by atoms with Crippen LogP contribution < -0.4 is 5.56 Å². The van der Waals surface area contributed by atoms with Crippen LogP contribution in [-0.4, -0.2) is 14.5 Å². The van der Waals surface area contributed by atoms with Gasteiger partial charge in [0, 0.05) is 11.6 Å². The molecule has 0 aliphatic rings. The highest BCUT2D eigenvalue weighted by Gasteiger charge is 2.28. The van der Waals surface area contributed by atoms with Gasteiger partial charge in [-0.15, -0.1) is 11.3 Å². The number of para-hydroxylation sites is 1. The molecule has 1 N–H and O–H groups in total. The van der Waals surface area contributed by atoms with E-state index in [-0.39, 0.29) is 5.56 Å². The summed E-state index contributed by atoms with van der Waals surface area (Å²) in [5.74, 6) is 0. The topological polar surface area (TPSA) is 50.7 Å². The Bertz CT molecular complexity index is 875. The van der Waals surface area contributed by atoms with Crippen molar-refractivity contribution in [3.05, 3.63) is 56.0 Å². The number of hydrogen-bond acceptors (Lipinski definition) is 4. The molecule has 3 aromatic rings. The van der Waals surface area contributed by atoms with Crippen LogP contribution in [0.4, 0.5) is 0 Å². The molecule has 0 amide bonds. The molecule has 0 radical (unpaired) electrons. The Morgan fingerprint density at radius 1 is 1.35 bits per heavy atom. The van der Waals surface area contributed by atoms with Gasteiger partial charge in [0.25, 0.3) is 5.56 Å². The Morgan fingerprint density at radius 2 is 2.10 bits per heavy atom. The van der Waals surface area contributed by atoms with Crippen molar-refractivity contribution in [3.8, 4) is 0 Å². The average Bonchev–Trinajstić information content (AvgIpc) is 2.93. The fourth-order valence-corrected chi connectivity index (χ4v) is 3.46. The molecule has 0 spiro atoms. The molecule has 2 heterocycles. The van der Waals surface area contributed by atoms with Crippen molar-refractivity contribution in [1.29, 1.82) is 0 Å². The number of H-pyrrole nitrogens is 1. The SMILES string of the molecule is CC(C)(c1nccs1)n1c(=S)[nH]c2ccccc2c1=O. The van der Waals surface area contributed by atoms with Gasteiger partial charge in [0.05, 0.1) is 16.4 Å². The molecule has 4 nitrogen and oxygen atoms in total. The normalized spacial score (nSPS) is 11.9. The van der Waals surface area contributed by atoms with Crippen LogP contribution in [0.2, 0.25) is 0 Å². The number of aromatic amines is 1. The first-order valence-corrected chi connectivity index (χ1v) is 7.45. The third kappa shape index (κ3) is 1.92. The van der Waals surface area contributed by atoms with Crippen molar-refractivity contribution in [2.45, 2.75) is 19.4 Å². The van der Waals surface area contributed by atoms with Crippen molar-refractivity contribution in [2.24, 2.45) is 0 Å². The summed E-state index contributed by atoms with van der Waals surface area (Å²) < 4.78 is 2.01. The highest BCUT2D eigenvalue weighted by molar-refractivity contribution is 7.71. The maximum Gasteiger partial charge on any atom is 0.263 e. The molecule has 0 fully saturated rings. The van der Waals surface area contributed by atoms with E-state index in [2.05, 4.69) is 9.97 Å². The summed E-state index contributed by atoms with van der Waals surface area (Å²) in [6, 6.07) is 7.38. The average molecular weight is 303 g/mol. The van der Waals surface area contributed by atoms with Crippen LogP contribution in [0, 0.1) is 4.77 Å². The number of nitrogens with zero attached hydrogens (tertiary/aromatic N) is 2. The molecule has 0 atom stereocenters. The van der Waals surface area contributed by atoms with Crippen LogP contribution in [0.1, 0.15) is 18.9 Å². The van der Waals surface area contributed by atoms with Crippen molar-refractivity contribution in [2.75, 3.05) is 0 Å². The number of nitrogens with one attached hydrogen (secondary N) is 1. The van der Waals surface area contributed by atoms with Gasteiger partial charge in [-0.3, -0.25) is 9.36 Å². The molecule has 0 saturated heterocycles. The van der Waals surface area contributed by atoms with Gasteiger partial charge in [-0.25, -0.2) is 4.98 Å². The zero-order valence-electron chi connectivity index (χ0n) is 11.1. The molecule has 3 rings (SSSR count). The van der Waals surface area contributed by atoms with E-state index < -0.39 is 5.54 Å². The van der Waals surface area contributed by atoms with Gasteiger partial charge in [0.15, 0.2) is 4.77 Å². The van der Waals surface area contributed by atoms with Crippen molar-refractivity contribution in [3.63, 3.8) is 0 Å². The molecule has 1 aromatic carbocycles. The molecule has 6 heteroatoms.